The average Bonchev–Trinajstić information content (AvgIpc) is 2.47. The number of nitrogens with zero attached hydrogens (tertiary/aromatic N) is 1. The Bertz CT molecular complexity index is 492. The van der Waals surface area contributed by atoms with Gasteiger partial charge in [-0.25, -0.2) is 0 Å². The Morgan fingerprint density at radius 1 is 1.58 bits per heavy atom. The predicted octanol–water partition coefficient (Wildman–Crippen LogP) is 2.81. The maximum absolute atomic E-state index is 10.5. The van der Waals surface area contributed by atoms with Gasteiger partial charge in [0.05, 0.1) is 30.4 Å². The van der Waals surface area contributed by atoms with E-state index in [0.717, 1.165) is 10.9 Å². The Balaban J connectivity index is 2.30. The van der Waals surface area contributed by atoms with Gasteiger partial charge < -0.3 is 14.6 Å². The molecule has 2 rings (SSSR count). The molecule has 0 aliphatic carbocycles. The number of hydrogen-bond acceptors (Lipinski definition) is 4. The summed E-state index contributed by atoms with van der Waals surface area (Å²) in [7, 11) is 1.59. The zero-order chi connectivity index (χ0) is 13.9. The molecule has 1 aromatic rings. The molecule has 1 N–H and O–H groups in total. The monoisotopic (exact) mass is 325 g/mol. The minimum absolute atomic E-state index is 0.272. The van der Waals surface area contributed by atoms with E-state index in [1.54, 1.807) is 25.3 Å². The Morgan fingerprint density at radius 3 is 2.89 bits per heavy atom. The van der Waals surface area contributed by atoms with Crippen LogP contribution < -0.4 is 4.74 Å². The van der Waals surface area contributed by atoms with Crippen molar-refractivity contribution in [2.75, 3.05) is 20.3 Å². The van der Waals surface area contributed by atoms with E-state index in [2.05, 4.69) is 22.0 Å². The van der Waals surface area contributed by atoms with Crippen LogP contribution in [-0.2, 0) is 4.74 Å². The van der Waals surface area contributed by atoms with Crippen molar-refractivity contribution in [2.24, 2.45) is 5.41 Å². The van der Waals surface area contributed by atoms with Gasteiger partial charge >= 0.3 is 0 Å². The second kappa shape index (κ2) is 5.91. The summed E-state index contributed by atoms with van der Waals surface area (Å²) in [6.45, 7) is 0.927. The average molecular weight is 326 g/mol. The van der Waals surface area contributed by atoms with Crippen molar-refractivity contribution < 1.29 is 14.6 Å². The first-order valence-electron chi connectivity index (χ1n) is 6.13. The van der Waals surface area contributed by atoms with Crippen molar-refractivity contribution in [2.45, 2.75) is 18.9 Å². The highest BCUT2D eigenvalue weighted by molar-refractivity contribution is 9.10. The van der Waals surface area contributed by atoms with Crippen LogP contribution in [0.25, 0.3) is 0 Å². The first-order chi connectivity index (χ1) is 9.13. The summed E-state index contributed by atoms with van der Waals surface area (Å²) in [6.07, 6.45) is 0.580. The van der Waals surface area contributed by atoms with E-state index in [1.807, 2.05) is 0 Å². The van der Waals surface area contributed by atoms with Gasteiger partial charge in [0.15, 0.2) is 0 Å². The topological polar surface area (TPSA) is 62.5 Å². The lowest BCUT2D eigenvalue weighted by Crippen LogP contribution is -2.36. The van der Waals surface area contributed by atoms with Crippen LogP contribution in [0.5, 0.6) is 5.75 Å². The number of nitriles is 1. The fraction of sp³-hybridized carbons (Fsp3) is 0.500. The van der Waals surface area contributed by atoms with Crippen molar-refractivity contribution in [1.29, 1.82) is 5.26 Å². The summed E-state index contributed by atoms with van der Waals surface area (Å²) in [5.41, 5.74) is -0.161. The number of aliphatic hydroxyl groups excluding tert-OH is 1. The van der Waals surface area contributed by atoms with Crippen molar-refractivity contribution in [1.82, 2.24) is 0 Å². The zero-order valence-corrected chi connectivity index (χ0v) is 12.3. The van der Waals surface area contributed by atoms with Crippen LogP contribution >= 0.6 is 15.9 Å². The van der Waals surface area contributed by atoms with Crippen molar-refractivity contribution in [3.8, 4) is 11.8 Å². The molecule has 0 saturated carbocycles. The third-order valence-electron chi connectivity index (χ3n) is 3.51. The SMILES string of the molecule is COc1ccc(C(O)C2(C#N)CCCOC2)cc1Br. The van der Waals surface area contributed by atoms with Crippen molar-refractivity contribution in [3.63, 3.8) is 0 Å². The number of halogens is 1. The lowest BCUT2D eigenvalue weighted by Gasteiger charge is -2.35. The van der Waals surface area contributed by atoms with E-state index in [-0.39, 0.29) is 6.61 Å². The Hall–Kier alpha value is -1.09. The van der Waals surface area contributed by atoms with Crippen LogP contribution in [0.4, 0.5) is 0 Å². The highest BCUT2D eigenvalue weighted by atomic mass is 79.9. The van der Waals surface area contributed by atoms with Gasteiger partial charge in [-0.1, -0.05) is 6.07 Å². The number of rotatable bonds is 3. The molecule has 1 aliphatic rings. The van der Waals surface area contributed by atoms with E-state index in [0.29, 0.717) is 24.3 Å². The quantitative estimate of drug-likeness (QED) is 0.928. The maximum Gasteiger partial charge on any atom is 0.133 e. The standard InChI is InChI=1S/C14H16BrNO3/c1-18-12-4-3-10(7-11(12)15)13(17)14(8-16)5-2-6-19-9-14/h3-4,7,13,17H,2,5-6,9H2,1H3. The zero-order valence-electron chi connectivity index (χ0n) is 10.7. The summed E-state index contributed by atoms with van der Waals surface area (Å²) in [4.78, 5) is 0. The van der Waals surface area contributed by atoms with Crippen LogP contribution in [-0.4, -0.2) is 25.4 Å². The van der Waals surface area contributed by atoms with Gasteiger partial charge in [0.25, 0.3) is 0 Å². The normalized spacial score (nSPS) is 24.5. The van der Waals surface area contributed by atoms with E-state index in [9.17, 15) is 10.4 Å². The van der Waals surface area contributed by atoms with Crippen LogP contribution in [0.3, 0.4) is 0 Å². The highest BCUT2D eigenvalue weighted by Crippen LogP contribution is 2.41. The van der Waals surface area contributed by atoms with E-state index in [1.165, 1.54) is 0 Å². The Morgan fingerprint density at radius 2 is 2.37 bits per heavy atom. The molecular weight excluding hydrogens is 310 g/mol. The summed E-state index contributed by atoms with van der Waals surface area (Å²) >= 11 is 3.39. The number of ether oxygens (including phenoxy) is 2. The fourth-order valence-electron chi connectivity index (χ4n) is 2.35. The minimum atomic E-state index is -0.861. The maximum atomic E-state index is 10.5. The first kappa shape index (κ1) is 14.3. The smallest absolute Gasteiger partial charge is 0.133 e. The molecule has 0 radical (unpaired) electrons. The molecule has 2 unspecified atom stereocenters. The minimum Gasteiger partial charge on any atom is -0.496 e. The molecule has 1 aliphatic heterocycles. The molecule has 2 atom stereocenters. The third kappa shape index (κ3) is 2.76. The van der Waals surface area contributed by atoms with Gasteiger partial charge in [-0.2, -0.15) is 5.26 Å². The molecule has 0 spiro atoms. The van der Waals surface area contributed by atoms with Gasteiger partial charge in [0, 0.05) is 6.61 Å². The number of benzene rings is 1. The molecule has 1 fully saturated rings. The van der Waals surface area contributed by atoms with Gasteiger partial charge in [0.2, 0.25) is 0 Å². The van der Waals surface area contributed by atoms with Crippen LogP contribution in [0.2, 0.25) is 0 Å². The van der Waals surface area contributed by atoms with Gasteiger partial charge in [-0.15, -0.1) is 0 Å². The summed E-state index contributed by atoms with van der Waals surface area (Å²) in [5.74, 6) is 0.696. The molecule has 19 heavy (non-hydrogen) atoms. The van der Waals surface area contributed by atoms with Gasteiger partial charge in [0.1, 0.15) is 11.2 Å². The van der Waals surface area contributed by atoms with E-state index in [4.69, 9.17) is 9.47 Å². The molecule has 5 heteroatoms. The summed E-state index contributed by atoms with van der Waals surface area (Å²) < 4.78 is 11.3. The summed E-state index contributed by atoms with van der Waals surface area (Å²) in [5, 5.41) is 19.9. The van der Waals surface area contributed by atoms with Gasteiger partial charge in [-0.3, -0.25) is 0 Å². The second-order valence-corrected chi connectivity index (χ2v) is 5.57. The van der Waals surface area contributed by atoms with E-state index >= 15 is 0 Å². The number of hydrogen-bond donors (Lipinski definition) is 1. The highest BCUT2D eigenvalue weighted by Gasteiger charge is 2.41. The first-order valence-corrected chi connectivity index (χ1v) is 6.93. The van der Waals surface area contributed by atoms with E-state index < -0.39 is 11.5 Å². The van der Waals surface area contributed by atoms with Crippen LogP contribution in [0.15, 0.2) is 22.7 Å². The van der Waals surface area contributed by atoms with Crippen LogP contribution in [0, 0.1) is 16.7 Å². The molecule has 0 aromatic heterocycles. The lowest BCUT2D eigenvalue weighted by molar-refractivity contribution is -0.0506. The van der Waals surface area contributed by atoms with Crippen molar-refractivity contribution >= 4 is 15.9 Å². The number of methoxy groups -OCH3 is 1. The largest absolute Gasteiger partial charge is 0.496 e. The van der Waals surface area contributed by atoms with Gasteiger partial charge in [-0.05, 0) is 46.5 Å². The molecule has 0 amide bonds. The molecule has 1 heterocycles. The molecular formula is C14H16BrNO3. The van der Waals surface area contributed by atoms with Crippen molar-refractivity contribution in [3.05, 3.63) is 28.2 Å². The molecule has 1 saturated heterocycles. The Labute approximate surface area is 121 Å². The third-order valence-corrected chi connectivity index (χ3v) is 4.13. The van der Waals surface area contributed by atoms with Crippen LogP contribution in [0.1, 0.15) is 24.5 Å². The molecule has 0 bridgehead atoms. The molecule has 1 aromatic carbocycles. The summed E-state index contributed by atoms with van der Waals surface area (Å²) in [6, 6.07) is 7.59. The fourth-order valence-corrected chi connectivity index (χ4v) is 2.91. The Kier molecular flexibility index (Phi) is 4.46. The molecule has 4 nitrogen and oxygen atoms in total. The predicted molar refractivity (Wildman–Crippen MR) is 73.8 cm³/mol. The molecule has 102 valence electrons. The lowest BCUT2D eigenvalue weighted by atomic mass is 9.76. The second-order valence-electron chi connectivity index (χ2n) is 4.72. The number of aliphatic hydroxyl groups is 1.